The van der Waals surface area contributed by atoms with E-state index >= 15 is 0 Å². The number of halogens is 4. The van der Waals surface area contributed by atoms with E-state index in [1.165, 1.54) is 24.8 Å². The van der Waals surface area contributed by atoms with E-state index in [1.807, 2.05) is 125 Å². The number of hydrogen-bond donors (Lipinski definition) is 0. The first kappa shape index (κ1) is 81.3. The molecule has 12 aromatic rings. The zero-order valence-corrected chi connectivity index (χ0v) is 69.0. The van der Waals surface area contributed by atoms with Crippen LogP contribution in [0.25, 0.3) is 81.3 Å². The molecule has 0 spiro atoms. The van der Waals surface area contributed by atoms with Crippen LogP contribution >= 0.6 is 43.5 Å². The third kappa shape index (κ3) is 18.3. The van der Waals surface area contributed by atoms with Crippen molar-refractivity contribution in [3.8, 4) is 22.7 Å². The smallest absolute Gasteiger partial charge is 0.187 e. The van der Waals surface area contributed by atoms with E-state index in [0.717, 1.165) is 158 Å². The predicted molar refractivity (Wildman–Crippen MR) is 461 cm³/mol. The van der Waals surface area contributed by atoms with Crippen LogP contribution in [0.2, 0.25) is 5.02 Å². The highest BCUT2D eigenvalue weighted by molar-refractivity contribution is 9.10. The Morgan fingerprint density at radius 3 is 1.33 bits per heavy atom. The Bertz CT molecular complexity index is 5810. The number of alkyl halides is 1. The number of carbonyl (C=O) groups excluding carboxylic acids is 4. The van der Waals surface area contributed by atoms with Crippen molar-refractivity contribution in [2.75, 3.05) is 92.6 Å². The van der Waals surface area contributed by atoms with Gasteiger partial charge in [0.1, 0.15) is 6.17 Å². The first-order valence-electron chi connectivity index (χ1n) is 38.3. The number of aryl methyl sites for hydroxylation is 1. The second kappa shape index (κ2) is 36.6. The maximum Gasteiger partial charge on any atom is 0.187 e. The van der Waals surface area contributed by atoms with Gasteiger partial charge in [0.15, 0.2) is 40.2 Å². The number of rotatable bonds is 18. The van der Waals surface area contributed by atoms with E-state index in [4.69, 9.17) is 31.3 Å². The van der Waals surface area contributed by atoms with Crippen LogP contribution in [0.1, 0.15) is 114 Å². The van der Waals surface area contributed by atoms with Gasteiger partial charge >= 0.3 is 0 Å². The molecule has 2 fully saturated rings. The van der Waals surface area contributed by atoms with E-state index in [2.05, 4.69) is 149 Å². The van der Waals surface area contributed by atoms with Crippen molar-refractivity contribution in [3.63, 3.8) is 0 Å². The molecule has 7 aromatic heterocycles. The first-order chi connectivity index (χ1) is 55.1. The van der Waals surface area contributed by atoms with Crippen molar-refractivity contribution in [2.24, 2.45) is 0 Å². The highest BCUT2D eigenvalue weighted by Gasteiger charge is 2.30. The Labute approximate surface area is 686 Å². The molecule has 4 aliphatic heterocycles. The lowest BCUT2D eigenvalue weighted by molar-refractivity contribution is 0.0856. The lowest BCUT2D eigenvalue weighted by atomic mass is 10.0. The summed E-state index contributed by atoms with van der Waals surface area (Å²) in [7, 11) is 4.14. The zero-order chi connectivity index (χ0) is 80.4. The summed E-state index contributed by atoms with van der Waals surface area (Å²) in [5, 5.41) is 1.74. The summed E-state index contributed by atoms with van der Waals surface area (Å²) in [6, 6.07) is 42.4. The van der Waals surface area contributed by atoms with Crippen LogP contribution in [-0.4, -0.2) is 180 Å². The second-order valence-electron chi connectivity index (χ2n) is 29.7. The number of fused-ring (bicyclic) bond motifs is 4. The molecule has 23 heteroatoms. The van der Waals surface area contributed by atoms with Crippen molar-refractivity contribution >= 4 is 128 Å². The van der Waals surface area contributed by atoms with Crippen LogP contribution in [0.3, 0.4) is 0 Å². The number of piperidine rings is 2. The molecule has 0 bridgehead atoms. The first-order valence-corrected chi connectivity index (χ1v) is 40.3. The van der Waals surface area contributed by atoms with Gasteiger partial charge in [0.05, 0.1) is 101 Å². The summed E-state index contributed by atoms with van der Waals surface area (Å²) in [5.41, 5.74) is 19.8. The molecular formula is C91H89Br2ClFN15O4. The third-order valence-electron chi connectivity index (χ3n) is 21.3. The van der Waals surface area contributed by atoms with Crippen LogP contribution in [0, 0.1) is 54.3 Å². The number of nitrogens with zero attached hydrogens (tertiary/aromatic N) is 15. The van der Waals surface area contributed by atoms with Crippen LogP contribution in [-0.2, 0) is 6.54 Å². The monoisotopic (exact) mass is 1670 g/mol. The fourth-order valence-electron chi connectivity index (χ4n) is 16.0. The Kier molecular flexibility index (Phi) is 26.1. The molecular weight excluding hydrogens is 1580 g/mol. The molecule has 580 valence electrons. The summed E-state index contributed by atoms with van der Waals surface area (Å²) in [6.45, 7) is 40.0. The topological polar surface area (TPSA) is 156 Å². The Balaban J connectivity index is 0.000000133. The molecule has 114 heavy (non-hydrogen) atoms. The minimum Gasteiger partial charge on any atom is -0.313 e. The minimum atomic E-state index is -0.860. The molecule has 11 heterocycles. The number of benzene rings is 5. The quantitative estimate of drug-likeness (QED) is 0.0456. The minimum absolute atomic E-state index is 0.0329. The fourth-order valence-corrected chi connectivity index (χ4v) is 16.8. The van der Waals surface area contributed by atoms with Gasteiger partial charge in [0.2, 0.25) is 0 Å². The molecule has 0 radical (unpaired) electrons. The van der Waals surface area contributed by atoms with Gasteiger partial charge in [0.25, 0.3) is 0 Å². The van der Waals surface area contributed by atoms with E-state index in [9.17, 15) is 23.6 Å². The van der Waals surface area contributed by atoms with Crippen molar-refractivity contribution in [2.45, 2.75) is 85.9 Å². The average molecular weight is 1670 g/mol. The van der Waals surface area contributed by atoms with E-state index in [-0.39, 0.29) is 29.7 Å². The van der Waals surface area contributed by atoms with Crippen molar-refractivity contribution in [1.29, 1.82) is 0 Å². The van der Waals surface area contributed by atoms with Crippen molar-refractivity contribution in [3.05, 3.63) is 281 Å². The van der Waals surface area contributed by atoms with E-state index < -0.39 is 6.17 Å². The summed E-state index contributed by atoms with van der Waals surface area (Å²) in [4.78, 5) is 87.6. The molecule has 19 nitrogen and oxygen atoms in total. The molecule has 0 N–H and O–H groups in total. The van der Waals surface area contributed by atoms with E-state index in [0.29, 0.717) is 87.9 Å². The number of likely N-dealkylation sites (tertiary alicyclic amines) is 2. The standard InChI is InChI=1S/C25H30ClN3O.C23H23FN4O.C22H19BrN4O.C21H17BrN4O/c1-18-25(24(30)17-28-13-5-4-6-14-28)22-12-7-19(16-27(2)3)15-23(22)29(18)21-10-8-20(26)9-11-21;1-15-11-20-23(26-12-15)22(21(29)14-27-10-4-5-17(24)13-27)16(2)28(20)19-8-6-18(25-3)7-9-19;1-15-21(20(28)14-26-10-4-3-5-11-26)22-19(12-16(23)13-25-22)27(15)18-8-6-17(24-2)7-9-18;1-14-20(19(27)13-25-9-3-4-10-25)21-18(11-15(22)12-24-21)26(14)17-7-5-16(23-2)6-8-17/h7-12,15H,4-6,13-14,16-17H2,1-3H3;6-9,11-12,17H,4-5,10,13-14H2,1-2H3;3-4,6-9,12-13H,5,10-11,14H2,1H3;3-8,11-12H,9-10,13H2,1H3. The molecule has 1 atom stereocenters. The number of ketones is 4. The Hall–Kier alpha value is -10.7. The van der Waals surface area contributed by atoms with Crippen molar-refractivity contribution < 1.29 is 23.6 Å². The molecule has 0 aliphatic carbocycles. The van der Waals surface area contributed by atoms with Crippen LogP contribution in [0.15, 0.2) is 185 Å². The maximum atomic E-state index is 13.8. The number of Topliss-reactive ketones (excluding diaryl/α,β-unsaturated/α-hetero) is 4. The highest BCUT2D eigenvalue weighted by Crippen LogP contribution is 2.37. The van der Waals surface area contributed by atoms with Crippen molar-refractivity contribution in [1.82, 2.24) is 57.7 Å². The largest absolute Gasteiger partial charge is 0.313 e. The van der Waals surface area contributed by atoms with Gasteiger partial charge in [-0.2, -0.15) is 0 Å². The zero-order valence-electron chi connectivity index (χ0n) is 65.1. The molecule has 16 rings (SSSR count). The normalized spacial score (nSPS) is 15.3. The third-order valence-corrected chi connectivity index (χ3v) is 22.4. The van der Waals surface area contributed by atoms with Gasteiger partial charge in [0, 0.05) is 128 Å². The molecule has 5 aromatic carbocycles. The van der Waals surface area contributed by atoms with Gasteiger partial charge in [-0.25, -0.2) is 18.9 Å². The molecule has 1 unspecified atom stereocenters. The molecule has 0 amide bonds. The highest BCUT2D eigenvalue weighted by atomic mass is 79.9. The summed E-state index contributed by atoms with van der Waals surface area (Å²) in [5.74, 6) is 0.346. The van der Waals surface area contributed by atoms with Gasteiger partial charge < -0.3 is 23.2 Å². The lowest BCUT2D eigenvalue weighted by Crippen LogP contribution is -2.39. The number of carbonyl (C=O) groups is 4. The predicted octanol–water partition coefficient (Wildman–Crippen LogP) is 19.9. The Morgan fingerprint density at radius 2 is 0.868 bits per heavy atom. The van der Waals surface area contributed by atoms with Crippen LogP contribution in [0.4, 0.5) is 21.5 Å². The second-order valence-corrected chi connectivity index (χ2v) is 32.0. The summed E-state index contributed by atoms with van der Waals surface area (Å²) in [6.07, 6.45) is 18.8. The number of aromatic nitrogens is 7. The Morgan fingerprint density at radius 1 is 0.465 bits per heavy atom. The molecule has 0 saturated carbocycles. The van der Waals surface area contributed by atoms with Gasteiger partial charge in [-0.05, 0) is 228 Å². The fraction of sp³-hybridized carbons (Fsp3) is 0.297. The van der Waals surface area contributed by atoms with Crippen LogP contribution < -0.4 is 0 Å². The lowest BCUT2D eigenvalue weighted by Gasteiger charge is -2.28. The van der Waals surface area contributed by atoms with Gasteiger partial charge in [-0.15, -0.1) is 0 Å². The number of hydrogen-bond acceptors (Lipinski definition) is 12. The van der Waals surface area contributed by atoms with E-state index in [1.54, 1.807) is 55.0 Å². The maximum absolute atomic E-state index is 13.8. The molecule has 2 saturated heterocycles. The number of pyridine rings is 3. The average Bonchev–Trinajstić information content (AvgIpc) is 1.62. The van der Waals surface area contributed by atoms with Gasteiger partial charge in [-0.1, -0.05) is 90.9 Å². The summed E-state index contributed by atoms with van der Waals surface area (Å²) >= 11 is 13.1. The molecule has 4 aliphatic rings. The van der Waals surface area contributed by atoms with Gasteiger partial charge in [-0.3, -0.25) is 53.7 Å². The van der Waals surface area contributed by atoms with Crippen LogP contribution in [0.5, 0.6) is 0 Å². The SMILES string of the molecule is Cc1c(C(=O)CN2CCCCC2)c2ccc(CN(C)C)cc2n1-c1ccc(Cl)cc1.[C-]#[N+]c1ccc(-n2c(C)c(C(=O)CN3CC=CC3)c3ncc(Br)cc32)cc1.[C-]#[N+]c1ccc(-n2c(C)c(C(=O)CN3CC=CCC3)c3ncc(Br)cc32)cc1.[C-]#[N+]c1ccc(-n2c(C)c(C(=O)CN3CCCC(F)C3)c3ncc(C)cc32)cc1. The summed E-state index contributed by atoms with van der Waals surface area (Å²) < 4.78 is 23.8.